The van der Waals surface area contributed by atoms with E-state index in [0.29, 0.717) is 23.9 Å². The van der Waals surface area contributed by atoms with Crippen molar-refractivity contribution in [2.75, 3.05) is 47.5 Å². The number of quaternary nitrogens is 1. The summed E-state index contributed by atoms with van der Waals surface area (Å²) in [5.41, 5.74) is 0. The van der Waals surface area contributed by atoms with Crippen molar-refractivity contribution in [1.29, 1.82) is 0 Å². The molecule has 0 aromatic heterocycles. The van der Waals surface area contributed by atoms with Gasteiger partial charge in [0.15, 0.2) is 6.10 Å². The van der Waals surface area contributed by atoms with Gasteiger partial charge in [-0.15, -0.1) is 0 Å². The lowest BCUT2D eigenvalue weighted by Crippen LogP contribution is -2.37. The monoisotopic (exact) mass is 779 g/mol. The minimum absolute atomic E-state index is 0.0211. The van der Waals surface area contributed by atoms with E-state index in [0.717, 1.165) is 103 Å². The smallest absolute Gasteiger partial charge is 0.462 e. The molecule has 1 unspecified atom stereocenters. The summed E-state index contributed by atoms with van der Waals surface area (Å²) in [6, 6.07) is 0. The molecule has 0 amide bonds. The highest BCUT2D eigenvalue weighted by atomic mass is 31.2. The van der Waals surface area contributed by atoms with Gasteiger partial charge in [-0.2, -0.15) is 0 Å². The Balaban J connectivity index is 4.47. The van der Waals surface area contributed by atoms with Crippen molar-refractivity contribution in [3.63, 3.8) is 0 Å². The third kappa shape index (κ3) is 39.2. The van der Waals surface area contributed by atoms with Crippen molar-refractivity contribution in [1.82, 2.24) is 0 Å². The molecule has 0 spiro atoms. The van der Waals surface area contributed by atoms with Crippen LogP contribution in [0.2, 0.25) is 0 Å². The molecular formula is C44H77NO8P+. The lowest BCUT2D eigenvalue weighted by atomic mass is 10.1. The molecule has 1 N–H and O–H groups in total. The number of nitrogens with zero attached hydrogens (tertiary/aromatic N) is 1. The first-order chi connectivity index (χ1) is 26.0. The van der Waals surface area contributed by atoms with Crippen LogP contribution in [0.15, 0.2) is 72.9 Å². The van der Waals surface area contributed by atoms with E-state index in [9.17, 15) is 19.0 Å². The number of likely N-dealkylation sites (N-methyl/N-ethyl adjacent to an activating group) is 1. The number of hydrogen-bond acceptors (Lipinski definition) is 7. The van der Waals surface area contributed by atoms with Gasteiger partial charge in [-0.25, -0.2) is 4.57 Å². The molecule has 0 radical (unpaired) electrons. The fourth-order valence-corrected chi connectivity index (χ4v) is 5.78. The molecular weight excluding hydrogens is 701 g/mol. The minimum atomic E-state index is -4.38. The Kier molecular flexibility index (Phi) is 34.4. The van der Waals surface area contributed by atoms with Gasteiger partial charge in [0, 0.05) is 12.8 Å². The van der Waals surface area contributed by atoms with Crippen molar-refractivity contribution in [2.45, 2.75) is 148 Å². The molecule has 54 heavy (non-hydrogen) atoms. The van der Waals surface area contributed by atoms with Gasteiger partial charge < -0.3 is 18.9 Å². The highest BCUT2D eigenvalue weighted by Crippen LogP contribution is 2.43. The molecule has 0 aromatic rings. The molecule has 0 saturated carbocycles. The first kappa shape index (κ1) is 51.5. The Bertz CT molecular complexity index is 1150. The van der Waals surface area contributed by atoms with Crippen LogP contribution in [-0.4, -0.2) is 74.9 Å². The molecule has 9 nitrogen and oxygen atoms in total. The van der Waals surface area contributed by atoms with E-state index >= 15 is 0 Å². The molecule has 0 saturated heterocycles. The lowest BCUT2D eigenvalue weighted by Gasteiger charge is -2.24. The number of carbonyl (C=O) groups excluding carboxylic acids is 2. The van der Waals surface area contributed by atoms with E-state index < -0.39 is 32.5 Å². The molecule has 0 aliphatic carbocycles. The molecule has 0 fully saturated rings. The second-order valence-corrected chi connectivity index (χ2v) is 16.1. The number of esters is 2. The largest absolute Gasteiger partial charge is 0.472 e. The maximum Gasteiger partial charge on any atom is 0.472 e. The number of phosphoric ester groups is 1. The number of allylic oxidation sites excluding steroid dienone is 12. The van der Waals surface area contributed by atoms with E-state index in [1.54, 1.807) is 0 Å². The van der Waals surface area contributed by atoms with Crippen LogP contribution in [0, 0.1) is 0 Å². The van der Waals surface area contributed by atoms with Crippen LogP contribution in [0.5, 0.6) is 0 Å². The van der Waals surface area contributed by atoms with Gasteiger partial charge in [0.05, 0.1) is 27.7 Å². The summed E-state index contributed by atoms with van der Waals surface area (Å²) >= 11 is 0. The van der Waals surface area contributed by atoms with Gasteiger partial charge >= 0.3 is 19.8 Å². The van der Waals surface area contributed by atoms with Crippen molar-refractivity contribution in [3.8, 4) is 0 Å². The van der Waals surface area contributed by atoms with Crippen LogP contribution < -0.4 is 0 Å². The van der Waals surface area contributed by atoms with Gasteiger partial charge in [-0.05, 0) is 77.0 Å². The molecule has 0 rings (SSSR count). The van der Waals surface area contributed by atoms with Gasteiger partial charge in [-0.1, -0.05) is 125 Å². The second kappa shape index (κ2) is 36.1. The normalized spacial score (nSPS) is 14.4. The molecule has 2 atom stereocenters. The molecule has 0 heterocycles. The predicted molar refractivity (Wildman–Crippen MR) is 224 cm³/mol. The zero-order valence-electron chi connectivity index (χ0n) is 34.7. The molecule has 0 bridgehead atoms. The highest BCUT2D eigenvalue weighted by molar-refractivity contribution is 7.47. The van der Waals surface area contributed by atoms with E-state index in [4.69, 9.17) is 18.5 Å². The first-order valence-corrected chi connectivity index (χ1v) is 22.2. The van der Waals surface area contributed by atoms with E-state index in [-0.39, 0.29) is 26.1 Å². The van der Waals surface area contributed by atoms with Crippen molar-refractivity contribution < 1.29 is 42.1 Å². The maximum absolute atomic E-state index is 12.7. The summed E-state index contributed by atoms with van der Waals surface area (Å²) in [5, 5.41) is 0. The molecule has 10 heteroatoms. The Morgan fingerprint density at radius 2 is 1.00 bits per heavy atom. The molecule has 0 aliphatic rings. The standard InChI is InChI=1S/C44H76NO8P/c1-6-8-10-12-14-16-18-20-22-24-26-28-30-32-34-36-43(46)50-40-42(41-52-54(48,49)51-39-38-45(3,4)5)53-44(47)37-35-33-31-29-27-25-23-21-19-17-15-13-11-9-7-2/h8-11,14-17,20-23,42H,6-7,12-13,18-19,24-41H2,1-5H3/p+1/b10-8+,11-9+,16-14+,17-15+,22-20+,23-21+/t42-/m1/s1. The predicted octanol–water partition coefficient (Wildman–Crippen LogP) is 11.5. The average Bonchev–Trinajstić information content (AvgIpc) is 3.12. The Hall–Kier alpha value is -2.55. The summed E-state index contributed by atoms with van der Waals surface area (Å²) in [6.45, 7) is 4.13. The SMILES string of the molecule is CC/C=C/C/C=C/C/C=C/CCCCCCCC(=O)OC[C@H](COP(=O)(O)OCC[N+](C)(C)C)OC(=O)CCCCCCC/C=C/C/C=C/C/C=C/CC. The zero-order valence-corrected chi connectivity index (χ0v) is 35.6. The molecule has 0 aromatic carbocycles. The van der Waals surface area contributed by atoms with Crippen LogP contribution >= 0.6 is 7.82 Å². The summed E-state index contributed by atoms with van der Waals surface area (Å²) in [7, 11) is 1.44. The number of unbranched alkanes of at least 4 members (excludes halogenated alkanes) is 10. The van der Waals surface area contributed by atoms with Gasteiger partial charge in [0.25, 0.3) is 0 Å². The van der Waals surface area contributed by atoms with Crippen LogP contribution in [0.25, 0.3) is 0 Å². The number of ether oxygens (including phenoxy) is 2. The summed E-state index contributed by atoms with van der Waals surface area (Å²) in [5.74, 6) is -0.847. The second-order valence-electron chi connectivity index (χ2n) is 14.6. The number of phosphoric acid groups is 1. The van der Waals surface area contributed by atoms with Gasteiger partial charge in [0.1, 0.15) is 19.8 Å². The number of hydrogen-bond donors (Lipinski definition) is 1. The fraction of sp³-hybridized carbons (Fsp3) is 0.682. The summed E-state index contributed by atoms with van der Waals surface area (Å²) < 4.78 is 34.2. The number of carbonyl (C=O) groups is 2. The third-order valence-electron chi connectivity index (χ3n) is 8.23. The van der Waals surface area contributed by atoms with Gasteiger partial charge in [0.2, 0.25) is 0 Å². The minimum Gasteiger partial charge on any atom is -0.462 e. The Labute approximate surface area is 329 Å². The quantitative estimate of drug-likeness (QED) is 0.0220. The Morgan fingerprint density at radius 1 is 0.574 bits per heavy atom. The van der Waals surface area contributed by atoms with Crippen molar-refractivity contribution >= 4 is 19.8 Å². The fourth-order valence-electron chi connectivity index (χ4n) is 5.04. The van der Waals surface area contributed by atoms with Crippen LogP contribution in [0.3, 0.4) is 0 Å². The summed E-state index contributed by atoms with van der Waals surface area (Å²) in [6.07, 6.45) is 43.8. The van der Waals surface area contributed by atoms with Gasteiger partial charge in [-0.3, -0.25) is 18.6 Å². The maximum atomic E-state index is 12.7. The lowest BCUT2D eigenvalue weighted by molar-refractivity contribution is -0.870. The highest BCUT2D eigenvalue weighted by Gasteiger charge is 2.27. The summed E-state index contributed by atoms with van der Waals surface area (Å²) in [4.78, 5) is 35.3. The van der Waals surface area contributed by atoms with Crippen molar-refractivity contribution in [2.24, 2.45) is 0 Å². The van der Waals surface area contributed by atoms with E-state index in [1.807, 2.05) is 21.1 Å². The van der Waals surface area contributed by atoms with Crippen LogP contribution in [0.1, 0.15) is 142 Å². The molecule has 310 valence electrons. The topological polar surface area (TPSA) is 108 Å². The van der Waals surface area contributed by atoms with E-state index in [1.165, 1.54) is 0 Å². The zero-order chi connectivity index (χ0) is 40.0. The Morgan fingerprint density at radius 3 is 1.48 bits per heavy atom. The first-order valence-electron chi connectivity index (χ1n) is 20.7. The van der Waals surface area contributed by atoms with Crippen molar-refractivity contribution in [3.05, 3.63) is 72.9 Å². The third-order valence-corrected chi connectivity index (χ3v) is 9.22. The van der Waals surface area contributed by atoms with Crippen LogP contribution in [0.4, 0.5) is 0 Å². The average molecular weight is 779 g/mol. The number of rotatable bonds is 36. The molecule has 0 aliphatic heterocycles. The van der Waals surface area contributed by atoms with E-state index in [2.05, 4.69) is 86.8 Å². The van der Waals surface area contributed by atoms with Crippen LogP contribution in [-0.2, 0) is 32.7 Å².